The molecular formula is C45H30N4O. The van der Waals surface area contributed by atoms with Gasteiger partial charge in [0.25, 0.3) is 0 Å². The van der Waals surface area contributed by atoms with E-state index in [1.165, 1.54) is 0 Å². The second kappa shape index (κ2) is 12.3. The third-order valence-corrected chi connectivity index (χ3v) is 8.87. The molecule has 2 aromatic heterocycles. The number of furan rings is 1. The number of aliphatic imine (C=N–C) groups is 2. The van der Waals surface area contributed by atoms with Gasteiger partial charge in [0.05, 0.1) is 17.9 Å². The van der Waals surface area contributed by atoms with Gasteiger partial charge in [-0.1, -0.05) is 139 Å². The first kappa shape index (κ1) is 24.3. The van der Waals surface area contributed by atoms with Crippen LogP contribution >= 0.6 is 0 Å². The number of hydrogen-bond acceptors (Lipinski definition) is 2. The van der Waals surface area contributed by atoms with Crippen molar-refractivity contribution in [2.24, 2.45) is 9.98 Å². The van der Waals surface area contributed by atoms with Gasteiger partial charge in [0.15, 0.2) is 5.84 Å². The van der Waals surface area contributed by atoms with Gasteiger partial charge in [0.1, 0.15) is 11.2 Å². The summed E-state index contributed by atoms with van der Waals surface area (Å²) < 4.78 is 50.4. The van der Waals surface area contributed by atoms with Crippen LogP contribution in [-0.2, 0) is 0 Å². The summed E-state index contributed by atoms with van der Waals surface area (Å²) in [6.07, 6.45) is 1.71. The standard InChI is InChI=1S/C45H30N4O/c46-45(49-38-23-11-10-20-36(38)42-34(21-12-24-39(42)49)31-16-6-2-7-17-31)48-44(47-29-30-14-4-1-5-15-30)33-26-27-37-41(28-33)50-40-25-13-22-35(43(37)40)32-18-8-3-9-19-32/h1-29,46H/b46-45?,47-29?,48-44-/i2D,6D,7D,16D,17D. The summed E-state index contributed by atoms with van der Waals surface area (Å²) in [5.74, 6) is 0.160. The van der Waals surface area contributed by atoms with Crippen molar-refractivity contribution in [3.8, 4) is 22.3 Å². The summed E-state index contributed by atoms with van der Waals surface area (Å²) in [7, 11) is 0. The highest BCUT2D eigenvalue weighted by Crippen LogP contribution is 2.38. The minimum absolute atomic E-state index is 0.0947. The normalized spacial score (nSPS) is 13.5. The number of benzene rings is 7. The molecule has 9 aromatic rings. The second-order valence-electron chi connectivity index (χ2n) is 11.8. The fourth-order valence-corrected chi connectivity index (χ4v) is 6.66. The van der Waals surface area contributed by atoms with Crippen LogP contribution in [0.2, 0.25) is 0 Å². The summed E-state index contributed by atoms with van der Waals surface area (Å²) >= 11 is 0. The molecule has 1 N–H and O–H groups in total. The van der Waals surface area contributed by atoms with E-state index in [0.717, 1.165) is 38.4 Å². The molecule has 9 rings (SSSR count). The predicted molar refractivity (Wildman–Crippen MR) is 208 cm³/mol. The van der Waals surface area contributed by atoms with Crippen molar-refractivity contribution < 1.29 is 11.3 Å². The first-order valence-corrected chi connectivity index (χ1v) is 16.2. The molecule has 50 heavy (non-hydrogen) atoms. The Morgan fingerprint density at radius 3 is 2.14 bits per heavy atom. The molecule has 0 radical (unpaired) electrons. The zero-order valence-corrected chi connectivity index (χ0v) is 26.6. The molecule has 0 fully saturated rings. The Balaban J connectivity index is 1.23. The molecule has 0 bridgehead atoms. The minimum Gasteiger partial charge on any atom is -0.456 e. The molecular weight excluding hydrogens is 613 g/mol. The van der Waals surface area contributed by atoms with E-state index in [0.29, 0.717) is 33.1 Å². The molecule has 5 heteroatoms. The number of nitrogens with zero attached hydrogens (tertiary/aromatic N) is 3. The second-order valence-corrected chi connectivity index (χ2v) is 11.8. The van der Waals surface area contributed by atoms with Crippen LogP contribution in [-0.4, -0.2) is 22.6 Å². The lowest BCUT2D eigenvalue weighted by Gasteiger charge is -2.08. The van der Waals surface area contributed by atoms with Gasteiger partial charge in [0, 0.05) is 33.3 Å². The van der Waals surface area contributed by atoms with E-state index in [-0.39, 0.29) is 29.4 Å². The Morgan fingerprint density at radius 1 is 0.620 bits per heavy atom. The van der Waals surface area contributed by atoms with Crippen LogP contribution in [0.15, 0.2) is 184 Å². The molecule has 0 aliphatic carbocycles. The number of amidine groups is 1. The molecule has 7 aromatic carbocycles. The maximum absolute atomic E-state index is 9.52. The highest BCUT2D eigenvalue weighted by Gasteiger charge is 2.19. The molecule has 5 nitrogen and oxygen atoms in total. The monoisotopic (exact) mass is 647 g/mol. The number of aromatic nitrogens is 1. The average Bonchev–Trinajstić information content (AvgIpc) is 3.77. The molecule has 236 valence electrons. The molecule has 0 unspecified atom stereocenters. The van der Waals surface area contributed by atoms with Crippen molar-refractivity contribution in [3.63, 3.8) is 0 Å². The van der Waals surface area contributed by atoms with Gasteiger partial charge in [-0.05, 0) is 58.1 Å². The summed E-state index contributed by atoms with van der Waals surface area (Å²) in [4.78, 5) is 9.71. The SMILES string of the molecule is [2H]c1c([2H])c([2H])c(-c2cccc3c2c2ccccc2n3C(=N)/N=C(\N=Cc2ccccc2)c2ccc3c(c2)oc2cccc(-c4ccccc4)c23)c([2H])c1[2H]. The average molecular weight is 648 g/mol. The molecule has 0 aliphatic rings. The smallest absolute Gasteiger partial charge is 0.229 e. The lowest BCUT2D eigenvalue weighted by molar-refractivity contribution is 0.669. The maximum atomic E-state index is 9.52. The lowest BCUT2D eigenvalue weighted by atomic mass is 9.99. The molecule has 0 saturated carbocycles. The Bertz CT molecular complexity index is 3030. The summed E-state index contributed by atoms with van der Waals surface area (Å²) in [5.41, 5.74) is 6.89. The molecule has 0 atom stereocenters. The van der Waals surface area contributed by atoms with Crippen molar-refractivity contribution in [1.82, 2.24) is 4.57 Å². The number of hydrogen-bond donors (Lipinski definition) is 1. The van der Waals surface area contributed by atoms with E-state index in [4.69, 9.17) is 21.3 Å². The van der Waals surface area contributed by atoms with Crippen LogP contribution in [0.4, 0.5) is 0 Å². The van der Waals surface area contributed by atoms with E-state index in [1.54, 1.807) is 22.9 Å². The van der Waals surface area contributed by atoms with E-state index < -0.39 is 18.1 Å². The van der Waals surface area contributed by atoms with E-state index in [1.807, 2.05) is 109 Å². The van der Waals surface area contributed by atoms with Crippen LogP contribution in [0, 0.1) is 5.41 Å². The fraction of sp³-hybridized carbons (Fsp3) is 0. The fourth-order valence-electron chi connectivity index (χ4n) is 6.66. The van der Waals surface area contributed by atoms with Gasteiger partial charge in [0.2, 0.25) is 5.96 Å². The first-order chi connectivity index (χ1) is 26.8. The number of rotatable bonds is 4. The summed E-state index contributed by atoms with van der Waals surface area (Å²) in [6.45, 7) is 0. The van der Waals surface area contributed by atoms with Crippen LogP contribution < -0.4 is 0 Å². The van der Waals surface area contributed by atoms with Gasteiger partial charge in [-0.25, -0.2) is 4.99 Å². The van der Waals surface area contributed by atoms with Crippen LogP contribution in [0.3, 0.4) is 0 Å². The Kier molecular flexibility index (Phi) is 5.99. The summed E-state index contributed by atoms with van der Waals surface area (Å²) in [6, 6.07) is 42.8. The van der Waals surface area contributed by atoms with E-state index >= 15 is 0 Å². The molecule has 0 spiro atoms. The van der Waals surface area contributed by atoms with E-state index in [2.05, 4.69) is 18.2 Å². The Morgan fingerprint density at radius 2 is 1.32 bits per heavy atom. The first-order valence-electron chi connectivity index (χ1n) is 18.7. The molecule has 0 aliphatic heterocycles. The third kappa shape index (κ3) is 5.09. The van der Waals surface area contributed by atoms with Crippen molar-refractivity contribution in [2.75, 3.05) is 0 Å². The molecule has 2 heterocycles. The number of para-hydroxylation sites is 1. The van der Waals surface area contributed by atoms with Gasteiger partial charge in [-0.15, -0.1) is 0 Å². The van der Waals surface area contributed by atoms with Crippen molar-refractivity contribution in [1.29, 1.82) is 5.41 Å². The zero-order valence-electron chi connectivity index (χ0n) is 31.6. The number of fused-ring (bicyclic) bond motifs is 6. The Labute approximate surface area is 295 Å². The topological polar surface area (TPSA) is 66.6 Å². The Hall–Kier alpha value is -6.85. The molecule has 0 amide bonds. The van der Waals surface area contributed by atoms with Gasteiger partial charge in [-0.3, -0.25) is 9.98 Å². The number of nitrogens with one attached hydrogen (secondary N) is 1. The van der Waals surface area contributed by atoms with Gasteiger partial charge in [-0.2, -0.15) is 4.99 Å². The third-order valence-electron chi connectivity index (χ3n) is 8.87. The lowest BCUT2D eigenvalue weighted by Crippen LogP contribution is -2.11. The highest BCUT2D eigenvalue weighted by atomic mass is 16.3. The van der Waals surface area contributed by atoms with Gasteiger partial charge < -0.3 is 4.42 Å². The van der Waals surface area contributed by atoms with Crippen LogP contribution in [0.5, 0.6) is 0 Å². The van der Waals surface area contributed by atoms with Gasteiger partial charge >= 0.3 is 0 Å². The highest BCUT2D eigenvalue weighted by molar-refractivity contribution is 6.21. The largest absolute Gasteiger partial charge is 0.456 e. The maximum Gasteiger partial charge on any atom is 0.229 e. The minimum atomic E-state index is -0.453. The summed E-state index contributed by atoms with van der Waals surface area (Å²) in [5, 5.41) is 12.9. The zero-order chi connectivity index (χ0) is 37.8. The van der Waals surface area contributed by atoms with Crippen LogP contribution in [0.25, 0.3) is 66.0 Å². The quantitative estimate of drug-likeness (QED) is 0.150. The van der Waals surface area contributed by atoms with Crippen molar-refractivity contribution in [3.05, 3.63) is 181 Å². The van der Waals surface area contributed by atoms with Crippen molar-refractivity contribution >= 4 is 61.8 Å². The van der Waals surface area contributed by atoms with Crippen molar-refractivity contribution in [2.45, 2.75) is 0 Å². The molecule has 0 saturated heterocycles. The van der Waals surface area contributed by atoms with Crippen LogP contribution in [0.1, 0.15) is 18.0 Å². The van der Waals surface area contributed by atoms with E-state index in [9.17, 15) is 5.41 Å². The predicted octanol–water partition coefficient (Wildman–Crippen LogP) is 11.4.